The van der Waals surface area contributed by atoms with Gasteiger partial charge in [-0.1, -0.05) is 19.3 Å². The van der Waals surface area contributed by atoms with E-state index in [-0.39, 0.29) is 5.91 Å². The molecule has 1 amide bonds. The first-order valence-electron chi connectivity index (χ1n) is 6.36. The van der Waals surface area contributed by atoms with Crippen molar-refractivity contribution in [1.29, 1.82) is 0 Å². The fraction of sp³-hybridized carbons (Fsp3) is 0.750. The summed E-state index contributed by atoms with van der Waals surface area (Å²) in [4.78, 5) is 14.1. The lowest BCUT2D eigenvalue weighted by molar-refractivity contribution is 0.0754. The average Bonchev–Trinajstić information content (AvgIpc) is 2.99. The average molecular weight is 251 g/mol. The highest BCUT2D eigenvalue weighted by Crippen LogP contribution is 2.43. The Labute approximate surface area is 105 Å². The summed E-state index contributed by atoms with van der Waals surface area (Å²) in [7, 11) is 0. The van der Waals surface area contributed by atoms with E-state index in [4.69, 9.17) is 0 Å². The van der Waals surface area contributed by atoms with Gasteiger partial charge in [0.2, 0.25) is 0 Å². The van der Waals surface area contributed by atoms with Gasteiger partial charge in [0.25, 0.3) is 5.91 Å². The van der Waals surface area contributed by atoms with Gasteiger partial charge in [-0.3, -0.25) is 4.79 Å². The van der Waals surface area contributed by atoms with Gasteiger partial charge in [-0.05, 0) is 24.7 Å². The summed E-state index contributed by atoms with van der Waals surface area (Å²) in [5, 5.41) is 0. The van der Waals surface area contributed by atoms with E-state index in [0.717, 1.165) is 24.8 Å². The minimum atomic E-state index is 0.0706. The van der Waals surface area contributed by atoms with E-state index in [1.165, 1.54) is 38.5 Å². The first-order chi connectivity index (χ1) is 8.29. The van der Waals surface area contributed by atoms with Crippen LogP contribution >= 0.6 is 11.7 Å². The second-order valence-corrected chi connectivity index (χ2v) is 5.89. The summed E-state index contributed by atoms with van der Waals surface area (Å²) in [5.41, 5.74) is 0.944. The van der Waals surface area contributed by atoms with Crippen molar-refractivity contribution in [2.24, 2.45) is 5.41 Å². The van der Waals surface area contributed by atoms with E-state index in [9.17, 15) is 4.79 Å². The molecular formula is C12H17N3OS. The smallest absolute Gasteiger partial charge is 0.275 e. The molecule has 3 rings (SSSR count). The van der Waals surface area contributed by atoms with Gasteiger partial charge in [-0.2, -0.15) is 8.75 Å². The maximum atomic E-state index is 12.2. The number of likely N-dealkylation sites (tertiary alicyclic amines) is 1. The van der Waals surface area contributed by atoms with Crippen LogP contribution in [-0.2, 0) is 0 Å². The molecule has 0 atom stereocenters. The molecule has 0 aromatic carbocycles. The van der Waals surface area contributed by atoms with Crippen LogP contribution in [-0.4, -0.2) is 32.6 Å². The minimum absolute atomic E-state index is 0.0706. The van der Waals surface area contributed by atoms with Crippen LogP contribution in [0.15, 0.2) is 6.20 Å². The topological polar surface area (TPSA) is 46.1 Å². The fourth-order valence-electron chi connectivity index (χ4n) is 3.24. The van der Waals surface area contributed by atoms with E-state index >= 15 is 0 Å². The third-order valence-electron chi connectivity index (χ3n) is 4.22. The molecule has 0 N–H and O–H groups in total. The summed E-state index contributed by atoms with van der Waals surface area (Å²) in [6, 6.07) is 0. The second kappa shape index (κ2) is 4.37. The predicted octanol–water partition coefficient (Wildman–Crippen LogP) is 2.33. The molecule has 1 aliphatic carbocycles. The lowest BCUT2D eigenvalue weighted by Crippen LogP contribution is -2.33. The monoisotopic (exact) mass is 251 g/mol. The third-order valence-corrected chi connectivity index (χ3v) is 4.70. The number of carbonyl (C=O) groups excluding carboxylic acids is 1. The van der Waals surface area contributed by atoms with E-state index < -0.39 is 0 Å². The van der Waals surface area contributed by atoms with Crippen molar-refractivity contribution in [2.75, 3.05) is 13.1 Å². The SMILES string of the molecule is O=C(c1cnsn1)N1CCC2(CCCCC2)C1. The highest BCUT2D eigenvalue weighted by Gasteiger charge is 2.40. The molecule has 1 aromatic heterocycles. The zero-order valence-corrected chi connectivity index (χ0v) is 10.7. The van der Waals surface area contributed by atoms with Gasteiger partial charge in [0.15, 0.2) is 5.69 Å². The van der Waals surface area contributed by atoms with Gasteiger partial charge in [0, 0.05) is 13.1 Å². The molecule has 0 unspecified atom stereocenters. The minimum Gasteiger partial charge on any atom is -0.337 e. The van der Waals surface area contributed by atoms with Crippen LogP contribution in [0.2, 0.25) is 0 Å². The van der Waals surface area contributed by atoms with Gasteiger partial charge in [-0.25, -0.2) is 0 Å². The standard InChI is InChI=1S/C12H17N3OS/c16-11(10-8-13-17-14-10)15-7-6-12(9-15)4-2-1-3-5-12/h8H,1-7,9H2. The molecule has 1 saturated heterocycles. The molecule has 1 saturated carbocycles. The van der Waals surface area contributed by atoms with Crippen LogP contribution in [0.5, 0.6) is 0 Å². The number of aromatic nitrogens is 2. The van der Waals surface area contributed by atoms with Crippen molar-refractivity contribution in [2.45, 2.75) is 38.5 Å². The first kappa shape index (κ1) is 11.1. The van der Waals surface area contributed by atoms with E-state index in [1.807, 2.05) is 4.90 Å². The maximum absolute atomic E-state index is 12.2. The number of nitrogens with zero attached hydrogens (tertiary/aromatic N) is 3. The number of rotatable bonds is 1. The molecule has 2 aliphatic rings. The molecule has 1 spiro atoms. The third kappa shape index (κ3) is 2.08. The molecule has 1 aliphatic heterocycles. The molecule has 4 nitrogen and oxygen atoms in total. The molecule has 2 fully saturated rings. The molecule has 0 radical (unpaired) electrons. The number of carbonyl (C=O) groups is 1. The van der Waals surface area contributed by atoms with Crippen molar-refractivity contribution in [3.05, 3.63) is 11.9 Å². The van der Waals surface area contributed by atoms with Crippen LogP contribution in [0.4, 0.5) is 0 Å². The Bertz CT molecular complexity index is 398. The summed E-state index contributed by atoms with van der Waals surface area (Å²) in [6.07, 6.45) is 9.39. The van der Waals surface area contributed by atoms with E-state index in [0.29, 0.717) is 11.1 Å². The van der Waals surface area contributed by atoms with Crippen LogP contribution in [0, 0.1) is 5.41 Å². The Hall–Kier alpha value is -0.970. The molecule has 2 heterocycles. The van der Waals surface area contributed by atoms with Crippen LogP contribution < -0.4 is 0 Å². The molecule has 17 heavy (non-hydrogen) atoms. The van der Waals surface area contributed by atoms with Crippen molar-refractivity contribution in [3.63, 3.8) is 0 Å². The van der Waals surface area contributed by atoms with Gasteiger partial charge >= 0.3 is 0 Å². The van der Waals surface area contributed by atoms with Crippen LogP contribution in [0.1, 0.15) is 49.0 Å². The molecular weight excluding hydrogens is 234 g/mol. The molecule has 1 aromatic rings. The highest BCUT2D eigenvalue weighted by molar-refractivity contribution is 6.99. The number of amides is 1. The second-order valence-electron chi connectivity index (χ2n) is 5.33. The summed E-state index contributed by atoms with van der Waals surface area (Å²) in [6.45, 7) is 1.83. The summed E-state index contributed by atoms with van der Waals surface area (Å²) < 4.78 is 7.94. The van der Waals surface area contributed by atoms with Crippen LogP contribution in [0.25, 0.3) is 0 Å². The summed E-state index contributed by atoms with van der Waals surface area (Å²) in [5.74, 6) is 0.0706. The van der Waals surface area contributed by atoms with E-state index in [2.05, 4.69) is 8.75 Å². The molecule has 92 valence electrons. The Kier molecular flexibility index (Phi) is 2.86. The van der Waals surface area contributed by atoms with Crippen molar-refractivity contribution in [1.82, 2.24) is 13.6 Å². The lowest BCUT2D eigenvalue weighted by Gasteiger charge is -2.33. The Morgan fingerprint density at radius 2 is 2.12 bits per heavy atom. The molecule has 5 heteroatoms. The fourth-order valence-corrected chi connectivity index (χ4v) is 3.65. The zero-order chi connectivity index (χ0) is 11.7. The largest absolute Gasteiger partial charge is 0.337 e. The van der Waals surface area contributed by atoms with Gasteiger partial charge in [-0.15, -0.1) is 0 Å². The Balaban J connectivity index is 1.69. The number of hydrogen-bond acceptors (Lipinski definition) is 4. The van der Waals surface area contributed by atoms with Gasteiger partial charge in [0.1, 0.15) is 0 Å². The number of hydrogen-bond donors (Lipinski definition) is 0. The Morgan fingerprint density at radius 1 is 1.29 bits per heavy atom. The lowest BCUT2D eigenvalue weighted by atomic mass is 9.73. The quantitative estimate of drug-likeness (QED) is 0.769. The van der Waals surface area contributed by atoms with Crippen LogP contribution in [0.3, 0.4) is 0 Å². The van der Waals surface area contributed by atoms with Crippen molar-refractivity contribution >= 4 is 17.6 Å². The summed E-state index contributed by atoms with van der Waals surface area (Å²) >= 11 is 1.11. The van der Waals surface area contributed by atoms with E-state index in [1.54, 1.807) is 6.20 Å². The first-order valence-corrected chi connectivity index (χ1v) is 7.09. The van der Waals surface area contributed by atoms with Gasteiger partial charge in [0.05, 0.1) is 17.9 Å². The van der Waals surface area contributed by atoms with Crippen molar-refractivity contribution < 1.29 is 4.79 Å². The maximum Gasteiger partial charge on any atom is 0.275 e. The predicted molar refractivity (Wildman–Crippen MR) is 65.9 cm³/mol. The normalized spacial score (nSPS) is 23.2. The molecule has 0 bridgehead atoms. The zero-order valence-electron chi connectivity index (χ0n) is 9.89. The Morgan fingerprint density at radius 3 is 2.82 bits per heavy atom. The van der Waals surface area contributed by atoms with Crippen molar-refractivity contribution in [3.8, 4) is 0 Å². The highest BCUT2D eigenvalue weighted by atomic mass is 32.1. The van der Waals surface area contributed by atoms with Gasteiger partial charge < -0.3 is 4.90 Å².